The molecule has 0 aromatic carbocycles. The lowest BCUT2D eigenvalue weighted by molar-refractivity contribution is 0.0968. The Morgan fingerprint density at radius 3 is 2.89 bits per heavy atom. The Morgan fingerprint density at radius 1 is 1.32 bits per heavy atom. The summed E-state index contributed by atoms with van der Waals surface area (Å²) in [6.45, 7) is 5.97. The minimum atomic E-state index is -0.170. The van der Waals surface area contributed by atoms with Crippen LogP contribution in [0.1, 0.15) is 41.0 Å². The van der Waals surface area contributed by atoms with Gasteiger partial charge >= 0.3 is 0 Å². The van der Waals surface area contributed by atoms with Crippen molar-refractivity contribution in [2.75, 3.05) is 30.8 Å². The van der Waals surface area contributed by atoms with E-state index in [1.807, 2.05) is 31.3 Å². The van der Waals surface area contributed by atoms with Gasteiger partial charge < -0.3 is 16.0 Å². The average Bonchev–Trinajstić information content (AvgIpc) is 3.03. The van der Waals surface area contributed by atoms with Gasteiger partial charge in [-0.1, -0.05) is 6.92 Å². The highest BCUT2D eigenvalue weighted by Crippen LogP contribution is 2.38. The summed E-state index contributed by atoms with van der Waals surface area (Å²) >= 11 is 1.35. The van der Waals surface area contributed by atoms with Crippen molar-refractivity contribution in [1.29, 1.82) is 0 Å². The Labute approximate surface area is 168 Å². The number of nitrogens with one attached hydrogen (secondary N) is 1. The summed E-state index contributed by atoms with van der Waals surface area (Å²) in [7, 11) is 1.61. The van der Waals surface area contributed by atoms with Crippen molar-refractivity contribution in [2.24, 2.45) is 0 Å². The maximum atomic E-state index is 12.1. The smallest absolute Gasteiger partial charge is 0.263 e. The molecule has 3 aromatic rings. The number of aromatic nitrogens is 3. The van der Waals surface area contributed by atoms with Crippen molar-refractivity contribution in [3.8, 4) is 0 Å². The second kappa shape index (κ2) is 7.01. The normalized spacial score (nSPS) is 19.8. The van der Waals surface area contributed by atoms with Crippen LogP contribution in [0.5, 0.6) is 0 Å². The molecule has 0 bridgehead atoms. The molecule has 28 heavy (non-hydrogen) atoms. The van der Waals surface area contributed by atoms with E-state index in [1.165, 1.54) is 11.3 Å². The number of hydrogen-bond acceptors (Lipinski definition) is 7. The highest BCUT2D eigenvalue weighted by atomic mass is 32.1. The van der Waals surface area contributed by atoms with Gasteiger partial charge in [0.05, 0.1) is 5.69 Å². The maximum Gasteiger partial charge on any atom is 0.263 e. The molecule has 0 saturated carbocycles. The molecule has 1 fully saturated rings. The Balaban J connectivity index is 1.68. The maximum absolute atomic E-state index is 12.1. The number of piperidine rings is 1. The quantitative estimate of drug-likeness (QED) is 0.707. The van der Waals surface area contributed by atoms with Crippen molar-refractivity contribution < 1.29 is 4.79 Å². The molecule has 146 valence electrons. The molecule has 1 saturated heterocycles. The summed E-state index contributed by atoms with van der Waals surface area (Å²) in [5.41, 5.74) is 7.61. The molecule has 4 rings (SSSR count). The fourth-order valence-corrected chi connectivity index (χ4v) is 4.92. The van der Waals surface area contributed by atoms with E-state index < -0.39 is 0 Å². The minimum Gasteiger partial charge on any atom is -0.397 e. The van der Waals surface area contributed by atoms with Crippen molar-refractivity contribution in [2.45, 2.75) is 32.1 Å². The molecule has 1 aliphatic rings. The lowest BCUT2D eigenvalue weighted by atomic mass is 9.78. The molecule has 1 amide bonds. The number of pyridine rings is 1. The number of aryl methyl sites for hydroxylation is 1. The molecule has 0 aliphatic carbocycles. The summed E-state index contributed by atoms with van der Waals surface area (Å²) in [4.78, 5) is 29.4. The van der Waals surface area contributed by atoms with Crippen LogP contribution in [0, 0.1) is 6.92 Å². The van der Waals surface area contributed by atoms with E-state index in [0.29, 0.717) is 10.6 Å². The van der Waals surface area contributed by atoms with E-state index in [4.69, 9.17) is 10.7 Å². The van der Waals surface area contributed by atoms with Gasteiger partial charge in [0, 0.05) is 42.8 Å². The van der Waals surface area contributed by atoms with E-state index >= 15 is 0 Å². The van der Waals surface area contributed by atoms with Gasteiger partial charge in [-0.25, -0.2) is 15.0 Å². The first-order chi connectivity index (χ1) is 13.4. The molecule has 8 heteroatoms. The standard InChI is InChI=1S/C20H24N6OS/c1-12-23-9-7-15(24-12)26-10-4-8-20(2,11-26)14-6-5-13-16(21)17(18(27)22-3)28-19(13)25-14/h5-7,9H,4,8,10-11,21H2,1-3H3,(H,22,27). The third-order valence-electron chi connectivity index (χ3n) is 5.43. The third-order valence-corrected chi connectivity index (χ3v) is 6.54. The van der Waals surface area contributed by atoms with Crippen LogP contribution in [0.4, 0.5) is 11.5 Å². The van der Waals surface area contributed by atoms with E-state index in [1.54, 1.807) is 7.05 Å². The molecule has 1 atom stereocenters. The zero-order valence-corrected chi connectivity index (χ0v) is 17.1. The van der Waals surface area contributed by atoms with Gasteiger partial charge in [-0.05, 0) is 38.0 Å². The zero-order valence-electron chi connectivity index (χ0n) is 16.3. The molecule has 1 aliphatic heterocycles. The Morgan fingerprint density at radius 2 is 2.14 bits per heavy atom. The number of nitrogens with two attached hydrogens (primary N) is 1. The van der Waals surface area contributed by atoms with Gasteiger partial charge in [-0.3, -0.25) is 4.79 Å². The van der Waals surface area contributed by atoms with Crippen molar-refractivity contribution in [1.82, 2.24) is 20.3 Å². The second-order valence-electron chi connectivity index (χ2n) is 7.52. The third kappa shape index (κ3) is 3.17. The van der Waals surface area contributed by atoms with Crippen LogP contribution in [0.25, 0.3) is 10.2 Å². The summed E-state index contributed by atoms with van der Waals surface area (Å²) in [5.74, 6) is 1.57. The summed E-state index contributed by atoms with van der Waals surface area (Å²) in [6, 6.07) is 6.01. The van der Waals surface area contributed by atoms with E-state index in [2.05, 4.69) is 27.1 Å². The Bertz CT molecular complexity index is 1050. The van der Waals surface area contributed by atoms with Gasteiger partial charge in [-0.2, -0.15) is 0 Å². The van der Waals surface area contributed by atoms with Crippen LogP contribution in [0.3, 0.4) is 0 Å². The molecule has 3 aromatic heterocycles. The van der Waals surface area contributed by atoms with Crippen LogP contribution in [-0.2, 0) is 5.41 Å². The van der Waals surface area contributed by atoms with Crippen LogP contribution < -0.4 is 16.0 Å². The molecule has 7 nitrogen and oxygen atoms in total. The van der Waals surface area contributed by atoms with Crippen LogP contribution in [0.15, 0.2) is 24.4 Å². The molecular formula is C20H24N6OS. The predicted molar refractivity (Wildman–Crippen MR) is 113 cm³/mol. The summed E-state index contributed by atoms with van der Waals surface area (Å²) in [5, 5.41) is 3.48. The number of hydrogen-bond donors (Lipinski definition) is 2. The first kappa shape index (κ1) is 18.6. The molecular weight excluding hydrogens is 372 g/mol. The largest absolute Gasteiger partial charge is 0.397 e. The number of nitrogens with zero attached hydrogens (tertiary/aromatic N) is 4. The van der Waals surface area contributed by atoms with Crippen LogP contribution >= 0.6 is 11.3 Å². The van der Waals surface area contributed by atoms with E-state index in [-0.39, 0.29) is 11.3 Å². The second-order valence-corrected chi connectivity index (χ2v) is 8.52. The number of carbonyl (C=O) groups excluding carboxylic acids is 1. The molecule has 1 unspecified atom stereocenters. The number of fused-ring (bicyclic) bond motifs is 1. The molecule has 4 heterocycles. The first-order valence-electron chi connectivity index (χ1n) is 9.37. The Kier molecular flexibility index (Phi) is 4.66. The number of nitrogen functional groups attached to an aromatic ring is 1. The average molecular weight is 397 g/mol. The number of rotatable bonds is 3. The minimum absolute atomic E-state index is 0.1000. The van der Waals surface area contributed by atoms with E-state index in [0.717, 1.165) is 53.5 Å². The lowest BCUT2D eigenvalue weighted by Gasteiger charge is -2.40. The molecule has 0 radical (unpaired) electrons. The zero-order chi connectivity index (χ0) is 19.9. The lowest BCUT2D eigenvalue weighted by Crippen LogP contribution is -2.45. The van der Waals surface area contributed by atoms with Gasteiger partial charge in [0.1, 0.15) is 21.3 Å². The van der Waals surface area contributed by atoms with Crippen molar-refractivity contribution in [3.63, 3.8) is 0 Å². The fourth-order valence-electron chi connectivity index (χ4n) is 3.88. The van der Waals surface area contributed by atoms with Crippen molar-refractivity contribution >= 4 is 39.0 Å². The fraction of sp³-hybridized carbons (Fsp3) is 0.400. The number of carbonyl (C=O) groups is 1. The van der Waals surface area contributed by atoms with Crippen LogP contribution in [-0.4, -0.2) is 41.0 Å². The number of amides is 1. The predicted octanol–water partition coefficient (Wildman–Crippen LogP) is 2.89. The van der Waals surface area contributed by atoms with Gasteiger partial charge in [0.15, 0.2) is 0 Å². The monoisotopic (exact) mass is 396 g/mol. The van der Waals surface area contributed by atoms with Gasteiger partial charge in [0.2, 0.25) is 0 Å². The topological polar surface area (TPSA) is 97.0 Å². The van der Waals surface area contributed by atoms with Gasteiger partial charge in [-0.15, -0.1) is 11.3 Å². The van der Waals surface area contributed by atoms with E-state index in [9.17, 15) is 4.79 Å². The molecule has 3 N–H and O–H groups in total. The van der Waals surface area contributed by atoms with Crippen molar-refractivity contribution in [3.05, 3.63) is 40.8 Å². The number of anilines is 2. The number of thiophene rings is 1. The van der Waals surface area contributed by atoms with Crippen LogP contribution in [0.2, 0.25) is 0 Å². The van der Waals surface area contributed by atoms with Gasteiger partial charge in [0.25, 0.3) is 5.91 Å². The Hall–Kier alpha value is -2.74. The first-order valence-corrected chi connectivity index (χ1v) is 10.2. The highest BCUT2D eigenvalue weighted by Gasteiger charge is 2.35. The SMILES string of the molecule is CNC(=O)c1sc2nc(C3(C)CCCN(c4ccnc(C)n4)C3)ccc2c1N. The summed E-state index contributed by atoms with van der Waals surface area (Å²) in [6.07, 6.45) is 3.92. The highest BCUT2D eigenvalue weighted by molar-refractivity contribution is 7.21. The summed E-state index contributed by atoms with van der Waals surface area (Å²) < 4.78 is 0. The molecule has 0 spiro atoms.